The number of likely N-dealkylation sites (tertiary alicyclic amines) is 1. The Morgan fingerprint density at radius 1 is 1.21 bits per heavy atom. The molecule has 1 atom stereocenters. The molecule has 1 saturated heterocycles. The molecule has 1 aliphatic heterocycles. The van der Waals surface area contributed by atoms with Crippen molar-refractivity contribution in [3.8, 4) is 11.1 Å². The summed E-state index contributed by atoms with van der Waals surface area (Å²) in [5.41, 5.74) is 5.32. The van der Waals surface area contributed by atoms with Gasteiger partial charge in [-0.2, -0.15) is 10.2 Å². The van der Waals surface area contributed by atoms with Crippen LogP contribution in [0.1, 0.15) is 60.3 Å². The second-order valence-electron chi connectivity index (χ2n) is 7.96. The first-order chi connectivity index (χ1) is 13.5. The Labute approximate surface area is 165 Å². The standard InChI is InChI=1S/C22H27N5O/c1-15(2)27-14-19(11-24-27)22(28)26-10-4-5-18(13-26)21-20(12-23-25-21)17-8-6-16(3)7-9-17/h6-9,11-12,14-15,18H,4-5,10,13H2,1-3H3,(H,23,25)/t18-/m1/s1. The number of carbonyl (C=O) groups excluding carboxylic acids is 1. The van der Waals surface area contributed by atoms with Crippen molar-refractivity contribution in [2.45, 2.75) is 45.6 Å². The zero-order chi connectivity index (χ0) is 19.7. The molecule has 4 rings (SSSR count). The van der Waals surface area contributed by atoms with Crippen molar-refractivity contribution in [2.75, 3.05) is 13.1 Å². The van der Waals surface area contributed by atoms with Crippen LogP contribution in [0.15, 0.2) is 42.9 Å². The number of rotatable bonds is 4. The smallest absolute Gasteiger partial charge is 0.257 e. The van der Waals surface area contributed by atoms with Crippen LogP contribution in [0, 0.1) is 6.92 Å². The van der Waals surface area contributed by atoms with Crippen molar-refractivity contribution in [3.05, 3.63) is 59.7 Å². The summed E-state index contributed by atoms with van der Waals surface area (Å²) >= 11 is 0. The van der Waals surface area contributed by atoms with Gasteiger partial charge in [0.25, 0.3) is 5.91 Å². The summed E-state index contributed by atoms with van der Waals surface area (Å²) in [6.45, 7) is 7.70. The SMILES string of the molecule is Cc1ccc(-c2cn[nH]c2[C@@H]2CCCN(C(=O)c3cnn(C(C)C)c3)C2)cc1. The summed E-state index contributed by atoms with van der Waals surface area (Å²) in [5, 5.41) is 11.8. The van der Waals surface area contributed by atoms with E-state index in [2.05, 4.69) is 60.3 Å². The van der Waals surface area contributed by atoms with E-state index < -0.39 is 0 Å². The lowest BCUT2D eigenvalue weighted by atomic mass is 9.90. The van der Waals surface area contributed by atoms with Gasteiger partial charge >= 0.3 is 0 Å². The third-order valence-corrected chi connectivity index (χ3v) is 5.53. The molecular formula is C22H27N5O. The van der Waals surface area contributed by atoms with Crippen LogP contribution in [-0.4, -0.2) is 43.9 Å². The van der Waals surface area contributed by atoms with Gasteiger partial charge in [-0.1, -0.05) is 29.8 Å². The van der Waals surface area contributed by atoms with Gasteiger partial charge in [0, 0.05) is 42.5 Å². The number of carbonyl (C=O) groups is 1. The predicted molar refractivity (Wildman–Crippen MR) is 109 cm³/mol. The quantitative estimate of drug-likeness (QED) is 0.742. The first-order valence-electron chi connectivity index (χ1n) is 9.96. The number of H-pyrrole nitrogens is 1. The van der Waals surface area contributed by atoms with Gasteiger partial charge in [0.05, 0.1) is 18.0 Å². The Balaban J connectivity index is 1.54. The van der Waals surface area contributed by atoms with Crippen LogP contribution in [0.5, 0.6) is 0 Å². The number of aromatic nitrogens is 4. The highest BCUT2D eigenvalue weighted by Gasteiger charge is 2.28. The molecule has 1 aliphatic rings. The second kappa shape index (κ2) is 7.62. The maximum atomic E-state index is 13.0. The molecular weight excluding hydrogens is 350 g/mol. The molecule has 0 unspecified atom stereocenters. The van der Waals surface area contributed by atoms with Gasteiger partial charge in [-0.15, -0.1) is 0 Å². The third kappa shape index (κ3) is 3.59. The van der Waals surface area contributed by atoms with Crippen LogP contribution < -0.4 is 0 Å². The van der Waals surface area contributed by atoms with Gasteiger partial charge in [-0.25, -0.2) is 0 Å². The van der Waals surface area contributed by atoms with E-state index in [-0.39, 0.29) is 17.9 Å². The fourth-order valence-electron chi connectivity index (χ4n) is 3.88. The van der Waals surface area contributed by atoms with E-state index in [0.29, 0.717) is 12.1 Å². The molecule has 3 heterocycles. The zero-order valence-corrected chi connectivity index (χ0v) is 16.7. The number of nitrogens with one attached hydrogen (secondary N) is 1. The lowest BCUT2D eigenvalue weighted by Crippen LogP contribution is -2.39. The summed E-state index contributed by atoms with van der Waals surface area (Å²) < 4.78 is 1.83. The molecule has 1 amide bonds. The van der Waals surface area contributed by atoms with E-state index in [1.165, 1.54) is 5.56 Å². The zero-order valence-electron chi connectivity index (χ0n) is 16.7. The number of amides is 1. The fraction of sp³-hybridized carbons (Fsp3) is 0.409. The van der Waals surface area contributed by atoms with Crippen LogP contribution >= 0.6 is 0 Å². The number of hydrogen-bond acceptors (Lipinski definition) is 3. The molecule has 0 aliphatic carbocycles. The Morgan fingerprint density at radius 3 is 2.71 bits per heavy atom. The van der Waals surface area contributed by atoms with Gasteiger partial charge in [-0.05, 0) is 39.2 Å². The molecule has 1 aromatic carbocycles. The molecule has 1 N–H and O–H groups in total. The van der Waals surface area contributed by atoms with Crippen LogP contribution in [0.25, 0.3) is 11.1 Å². The second-order valence-corrected chi connectivity index (χ2v) is 7.96. The van der Waals surface area contributed by atoms with Crippen molar-refractivity contribution < 1.29 is 4.79 Å². The Hall–Kier alpha value is -2.89. The van der Waals surface area contributed by atoms with E-state index in [1.54, 1.807) is 6.20 Å². The largest absolute Gasteiger partial charge is 0.338 e. The topological polar surface area (TPSA) is 66.8 Å². The van der Waals surface area contributed by atoms with Crippen LogP contribution in [-0.2, 0) is 0 Å². The number of piperidine rings is 1. The number of nitrogens with zero attached hydrogens (tertiary/aromatic N) is 4. The van der Waals surface area contributed by atoms with Gasteiger partial charge in [0.1, 0.15) is 0 Å². The average Bonchev–Trinajstić information content (AvgIpc) is 3.38. The van der Waals surface area contributed by atoms with Crippen molar-refractivity contribution in [3.63, 3.8) is 0 Å². The summed E-state index contributed by atoms with van der Waals surface area (Å²) in [6, 6.07) is 8.76. The first-order valence-corrected chi connectivity index (χ1v) is 9.96. The van der Waals surface area contributed by atoms with Crippen molar-refractivity contribution in [2.24, 2.45) is 0 Å². The van der Waals surface area contributed by atoms with Crippen molar-refractivity contribution in [1.29, 1.82) is 0 Å². The molecule has 6 heteroatoms. The minimum atomic E-state index is 0.0630. The Morgan fingerprint density at radius 2 is 2.00 bits per heavy atom. The number of hydrogen-bond donors (Lipinski definition) is 1. The minimum Gasteiger partial charge on any atom is -0.338 e. The van der Waals surface area contributed by atoms with Crippen LogP contribution in [0.4, 0.5) is 0 Å². The lowest BCUT2D eigenvalue weighted by Gasteiger charge is -2.32. The summed E-state index contributed by atoms with van der Waals surface area (Å²) in [4.78, 5) is 14.9. The van der Waals surface area contributed by atoms with Gasteiger partial charge in [0.15, 0.2) is 0 Å². The molecule has 146 valence electrons. The summed E-state index contributed by atoms with van der Waals surface area (Å²) in [7, 11) is 0. The number of aryl methyl sites for hydroxylation is 1. The number of benzene rings is 1. The first kappa shape index (κ1) is 18.5. The van der Waals surface area contributed by atoms with Crippen molar-refractivity contribution >= 4 is 5.91 Å². The van der Waals surface area contributed by atoms with Crippen LogP contribution in [0.2, 0.25) is 0 Å². The van der Waals surface area contributed by atoms with Crippen LogP contribution in [0.3, 0.4) is 0 Å². The van der Waals surface area contributed by atoms with Gasteiger partial charge in [0.2, 0.25) is 0 Å². The maximum Gasteiger partial charge on any atom is 0.257 e. The summed E-state index contributed by atoms with van der Waals surface area (Å²) in [6.07, 6.45) is 7.47. The van der Waals surface area contributed by atoms with Crippen molar-refractivity contribution in [1.82, 2.24) is 24.9 Å². The van der Waals surface area contributed by atoms with E-state index >= 15 is 0 Å². The third-order valence-electron chi connectivity index (χ3n) is 5.53. The van der Waals surface area contributed by atoms with E-state index in [1.807, 2.05) is 22.0 Å². The molecule has 3 aromatic rings. The minimum absolute atomic E-state index is 0.0630. The molecule has 28 heavy (non-hydrogen) atoms. The Bertz CT molecular complexity index is 953. The maximum absolute atomic E-state index is 13.0. The molecule has 0 bridgehead atoms. The normalized spacial score (nSPS) is 17.3. The fourth-order valence-corrected chi connectivity index (χ4v) is 3.88. The average molecular weight is 377 g/mol. The summed E-state index contributed by atoms with van der Waals surface area (Å²) in [5.74, 6) is 0.324. The lowest BCUT2D eigenvalue weighted by molar-refractivity contribution is 0.0706. The molecule has 2 aromatic heterocycles. The molecule has 1 fully saturated rings. The molecule has 0 spiro atoms. The van der Waals surface area contributed by atoms with E-state index in [0.717, 1.165) is 36.2 Å². The van der Waals surface area contributed by atoms with E-state index in [4.69, 9.17) is 0 Å². The highest BCUT2D eigenvalue weighted by Crippen LogP contribution is 2.33. The van der Waals surface area contributed by atoms with Gasteiger partial charge in [-0.3, -0.25) is 14.6 Å². The number of aromatic amines is 1. The highest BCUT2D eigenvalue weighted by molar-refractivity contribution is 5.93. The molecule has 0 saturated carbocycles. The monoisotopic (exact) mass is 377 g/mol. The molecule has 0 radical (unpaired) electrons. The Kier molecular flexibility index (Phi) is 5.03. The van der Waals surface area contributed by atoms with E-state index in [9.17, 15) is 4.79 Å². The molecule has 6 nitrogen and oxygen atoms in total. The highest BCUT2D eigenvalue weighted by atomic mass is 16.2. The van der Waals surface area contributed by atoms with Gasteiger partial charge < -0.3 is 4.90 Å². The predicted octanol–water partition coefficient (Wildman–Crippen LogP) is 4.18.